The van der Waals surface area contributed by atoms with Crippen LogP contribution in [0.4, 0.5) is 0 Å². The number of aromatic nitrogens is 3. The minimum atomic E-state index is 0.386. The first-order valence-electron chi connectivity index (χ1n) is 8.74. The van der Waals surface area contributed by atoms with E-state index >= 15 is 0 Å². The number of hydrogen-bond donors (Lipinski definition) is 2. The van der Waals surface area contributed by atoms with Crippen molar-refractivity contribution < 1.29 is 0 Å². The highest BCUT2D eigenvalue weighted by atomic mass is 15.2. The molecule has 1 atom stereocenters. The molecular weight excluding hydrogens is 286 g/mol. The van der Waals surface area contributed by atoms with Gasteiger partial charge in [0.25, 0.3) is 0 Å². The van der Waals surface area contributed by atoms with Crippen LogP contribution in [0.3, 0.4) is 0 Å². The summed E-state index contributed by atoms with van der Waals surface area (Å²) < 4.78 is 0. The van der Waals surface area contributed by atoms with Gasteiger partial charge in [-0.3, -0.25) is 9.88 Å². The van der Waals surface area contributed by atoms with Crippen LogP contribution in [0.1, 0.15) is 55.2 Å². The fourth-order valence-electron chi connectivity index (χ4n) is 3.49. The van der Waals surface area contributed by atoms with E-state index in [4.69, 9.17) is 10.7 Å². The van der Waals surface area contributed by atoms with Crippen LogP contribution in [-0.2, 0) is 13.0 Å². The molecule has 0 aliphatic heterocycles. The second-order valence-corrected chi connectivity index (χ2v) is 6.31. The molecule has 1 aliphatic rings. The van der Waals surface area contributed by atoms with E-state index in [0.717, 1.165) is 44.7 Å². The molecule has 2 heterocycles. The van der Waals surface area contributed by atoms with E-state index in [1.54, 1.807) is 0 Å². The Morgan fingerprint density at radius 1 is 1.22 bits per heavy atom. The van der Waals surface area contributed by atoms with Gasteiger partial charge in [0.05, 0.1) is 18.3 Å². The van der Waals surface area contributed by atoms with Crippen molar-refractivity contribution >= 4 is 0 Å². The summed E-state index contributed by atoms with van der Waals surface area (Å²) in [5.74, 6) is 1.03. The molecule has 2 aromatic rings. The molecule has 5 heteroatoms. The molecule has 2 aromatic heterocycles. The van der Waals surface area contributed by atoms with Gasteiger partial charge in [-0.2, -0.15) is 0 Å². The molecule has 0 bridgehead atoms. The van der Waals surface area contributed by atoms with Crippen molar-refractivity contribution in [2.24, 2.45) is 5.73 Å². The van der Waals surface area contributed by atoms with Crippen LogP contribution < -0.4 is 5.73 Å². The van der Waals surface area contributed by atoms with Crippen molar-refractivity contribution in [3.63, 3.8) is 0 Å². The highest BCUT2D eigenvalue weighted by molar-refractivity contribution is 5.24. The molecule has 0 aromatic carbocycles. The average molecular weight is 313 g/mol. The van der Waals surface area contributed by atoms with Crippen LogP contribution in [0.2, 0.25) is 0 Å². The minimum absolute atomic E-state index is 0.386. The van der Waals surface area contributed by atoms with Gasteiger partial charge >= 0.3 is 0 Å². The van der Waals surface area contributed by atoms with E-state index in [-0.39, 0.29) is 0 Å². The fraction of sp³-hybridized carbons (Fsp3) is 0.556. The van der Waals surface area contributed by atoms with Crippen molar-refractivity contribution in [2.45, 2.75) is 51.1 Å². The van der Waals surface area contributed by atoms with Crippen LogP contribution in [0.25, 0.3) is 0 Å². The van der Waals surface area contributed by atoms with E-state index in [1.165, 1.54) is 30.5 Å². The average Bonchev–Trinajstić information content (AvgIpc) is 2.99. The molecule has 0 saturated heterocycles. The summed E-state index contributed by atoms with van der Waals surface area (Å²) in [6.45, 7) is 2.64. The summed E-state index contributed by atoms with van der Waals surface area (Å²) >= 11 is 0. The second-order valence-electron chi connectivity index (χ2n) is 6.31. The van der Waals surface area contributed by atoms with Crippen LogP contribution in [0.15, 0.2) is 30.7 Å². The second kappa shape index (κ2) is 8.22. The molecule has 23 heavy (non-hydrogen) atoms. The molecule has 124 valence electrons. The highest BCUT2D eigenvalue weighted by Crippen LogP contribution is 2.32. The third-order valence-corrected chi connectivity index (χ3v) is 4.66. The number of nitrogens with two attached hydrogens (primary N) is 1. The van der Waals surface area contributed by atoms with E-state index in [0.29, 0.717) is 6.04 Å². The van der Waals surface area contributed by atoms with Crippen molar-refractivity contribution in [3.05, 3.63) is 47.8 Å². The Bertz CT molecular complexity index is 581. The van der Waals surface area contributed by atoms with Crippen LogP contribution in [-0.4, -0.2) is 32.9 Å². The number of unbranched alkanes of at least 4 members (excludes halogenated alkanes) is 1. The Morgan fingerprint density at radius 3 is 3.00 bits per heavy atom. The van der Waals surface area contributed by atoms with Gasteiger partial charge in [-0.15, -0.1) is 0 Å². The first-order valence-corrected chi connectivity index (χ1v) is 8.74. The number of nitrogens with one attached hydrogen (secondary N) is 1. The van der Waals surface area contributed by atoms with Gasteiger partial charge in [0.2, 0.25) is 0 Å². The maximum absolute atomic E-state index is 5.68. The number of H-pyrrole nitrogens is 1. The van der Waals surface area contributed by atoms with Crippen molar-refractivity contribution in [1.29, 1.82) is 0 Å². The topological polar surface area (TPSA) is 70.8 Å². The molecule has 0 spiro atoms. The van der Waals surface area contributed by atoms with Gasteiger partial charge < -0.3 is 10.7 Å². The maximum Gasteiger partial charge on any atom is 0.120 e. The number of hydrogen-bond acceptors (Lipinski definition) is 4. The lowest BCUT2D eigenvalue weighted by molar-refractivity contribution is 0.167. The first-order chi connectivity index (χ1) is 11.4. The standard InChI is InChI=1S/C18H27N5/c19-9-3-4-13-23(14-17-20-11-12-21-17)16-8-2-1-6-15-7-5-10-22-18(15)16/h5,7,10-12,16H,1-4,6,8-9,13-14,19H2,(H,20,21). The Labute approximate surface area is 138 Å². The van der Waals surface area contributed by atoms with Crippen LogP contribution >= 0.6 is 0 Å². The molecule has 0 amide bonds. The summed E-state index contributed by atoms with van der Waals surface area (Å²) in [6.07, 6.45) is 12.7. The van der Waals surface area contributed by atoms with Gasteiger partial charge in [-0.25, -0.2) is 4.98 Å². The predicted octanol–water partition coefficient (Wildman–Crippen LogP) is 2.81. The summed E-state index contributed by atoms with van der Waals surface area (Å²) in [7, 11) is 0. The lowest BCUT2D eigenvalue weighted by atomic mass is 10.0. The van der Waals surface area contributed by atoms with Crippen LogP contribution in [0, 0.1) is 0 Å². The molecule has 0 fully saturated rings. The lowest BCUT2D eigenvalue weighted by Crippen LogP contribution is -2.31. The zero-order valence-corrected chi connectivity index (χ0v) is 13.7. The predicted molar refractivity (Wildman–Crippen MR) is 91.8 cm³/mol. The molecular formula is C18H27N5. The summed E-state index contributed by atoms with van der Waals surface area (Å²) in [4.78, 5) is 14.9. The van der Waals surface area contributed by atoms with Crippen molar-refractivity contribution in [3.8, 4) is 0 Å². The van der Waals surface area contributed by atoms with E-state index in [2.05, 4.69) is 27.0 Å². The lowest BCUT2D eigenvalue weighted by Gasteiger charge is -2.31. The van der Waals surface area contributed by atoms with E-state index in [1.807, 2.05) is 18.6 Å². The smallest absolute Gasteiger partial charge is 0.120 e. The molecule has 1 unspecified atom stereocenters. The zero-order chi connectivity index (χ0) is 15.9. The molecule has 1 aliphatic carbocycles. The number of nitrogens with zero attached hydrogens (tertiary/aromatic N) is 3. The molecule has 0 radical (unpaired) electrons. The van der Waals surface area contributed by atoms with Gasteiger partial charge in [-0.05, 0) is 56.8 Å². The maximum atomic E-state index is 5.68. The summed E-state index contributed by atoms with van der Waals surface area (Å²) in [6, 6.07) is 4.69. The first kappa shape index (κ1) is 16.1. The Balaban J connectivity index is 1.82. The molecule has 3 N–H and O–H groups in total. The molecule has 0 saturated carbocycles. The van der Waals surface area contributed by atoms with Gasteiger partial charge in [0.1, 0.15) is 5.82 Å². The zero-order valence-electron chi connectivity index (χ0n) is 13.7. The molecule has 3 rings (SSSR count). The Kier molecular flexibility index (Phi) is 5.77. The minimum Gasteiger partial charge on any atom is -0.348 e. The third-order valence-electron chi connectivity index (χ3n) is 4.66. The molecule has 5 nitrogen and oxygen atoms in total. The van der Waals surface area contributed by atoms with E-state index < -0.39 is 0 Å². The van der Waals surface area contributed by atoms with Crippen molar-refractivity contribution in [1.82, 2.24) is 19.9 Å². The van der Waals surface area contributed by atoms with E-state index in [9.17, 15) is 0 Å². The number of fused-ring (bicyclic) bond motifs is 1. The largest absolute Gasteiger partial charge is 0.348 e. The Hall–Kier alpha value is -1.72. The van der Waals surface area contributed by atoms with Gasteiger partial charge in [-0.1, -0.05) is 12.5 Å². The number of imidazole rings is 1. The highest BCUT2D eigenvalue weighted by Gasteiger charge is 2.26. The number of rotatable bonds is 7. The summed E-state index contributed by atoms with van der Waals surface area (Å²) in [5, 5.41) is 0. The quantitative estimate of drug-likeness (QED) is 0.609. The SMILES string of the molecule is NCCCCN(Cc1ncc[nH]1)C1CCCCc2cccnc21. The monoisotopic (exact) mass is 313 g/mol. The normalized spacial score (nSPS) is 17.9. The number of pyridine rings is 1. The summed E-state index contributed by atoms with van der Waals surface area (Å²) in [5.41, 5.74) is 8.36. The fourth-order valence-corrected chi connectivity index (χ4v) is 3.49. The Morgan fingerprint density at radius 2 is 2.17 bits per heavy atom. The van der Waals surface area contributed by atoms with Crippen LogP contribution in [0.5, 0.6) is 0 Å². The van der Waals surface area contributed by atoms with Crippen molar-refractivity contribution in [2.75, 3.05) is 13.1 Å². The third kappa shape index (κ3) is 4.18. The van der Waals surface area contributed by atoms with Gasteiger partial charge in [0.15, 0.2) is 0 Å². The number of aryl methyl sites for hydroxylation is 1. The van der Waals surface area contributed by atoms with Gasteiger partial charge in [0, 0.05) is 18.6 Å². The number of aromatic amines is 1.